The molecule has 1 aliphatic heterocycles. The van der Waals surface area contributed by atoms with Gasteiger partial charge >= 0.3 is 0 Å². The molecule has 4 rings (SSSR count). The standard InChI is InChI=1S/C21H25FN4O4S/c1-2-29-18-12-14(6-7-16(18)22)13-26(15-8-10-24-11-9-15)21-25-17-4-3-5-19(20(17)30-21)31(23,27)28/h3-7,12,15,24H,2,8-11,13H2,1H3,(H2,23,27,28). The van der Waals surface area contributed by atoms with Gasteiger partial charge in [0, 0.05) is 12.6 Å². The molecule has 8 nitrogen and oxygen atoms in total. The molecule has 2 aromatic carbocycles. The summed E-state index contributed by atoms with van der Waals surface area (Å²) in [5.41, 5.74) is 1.37. The number of nitrogens with two attached hydrogens (primary N) is 1. The van der Waals surface area contributed by atoms with Gasteiger partial charge in [0.25, 0.3) is 6.01 Å². The average molecular weight is 449 g/mol. The summed E-state index contributed by atoms with van der Waals surface area (Å²) < 4.78 is 49.3. The number of benzene rings is 2. The summed E-state index contributed by atoms with van der Waals surface area (Å²) in [4.78, 5) is 6.44. The minimum atomic E-state index is -3.96. The minimum Gasteiger partial charge on any atom is -0.491 e. The molecule has 1 aromatic heterocycles. The van der Waals surface area contributed by atoms with Gasteiger partial charge in [0.15, 0.2) is 17.1 Å². The number of sulfonamides is 1. The zero-order chi connectivity index (χ0) is 22.0. The van der Waals surface area contributed by atoms with E-state index in [2.05, 4.69) is 10.3 Å². The molecule has 0 bridgehead atoms. The topological polar surface area (TPSA) is 111 Å². The molecule has 0 spiro atoms. The highest BCUT2D eigenvalue weighted by atomic mass is 32.2. The van der Waals surface area contributed by atoms with Crippen LogP contribution in [-0.2, 0) is 16.6 Å². The maximum Gasteiger partial charge on any atom is 0.298 e. The van der Waals surface area contributed by atoms with Crippen LogP contribution in [0.1, 0.15) is 25.3 Å². The van der Waals surface area contributed by atoms with Gasteiger partial charge in [0.2, 0.25) is 10.0 Å². The summed E-state index contributed by atoms with van der Waals surface area (Å²) in [5.74, 6) is -0.224. The number of anilines is 1. The van der Waals surface area contributed by atoms with Gasteiger partial charge in [-0.2, -0.15) is 4.98 Å². The third-order valence-corrected chi connectivity index (χ3v) is 6.25. The first-order valence-electron chi connectivity index (χ1n) is 10.2. The predicted molar refractivity (Wildman–Crippen MR) is 115 cm³/mol. The zero-order valence-corrected chi connectivity index (χ0v) is 18.0. The lowest BCUT2D eigenvalue weighted by molar-refractivity contribution is 0.321. The molecule has 3 N–H and O–H groups in total. The summed E-state index contributed by atoms with van der Waals surface area (Å²) in [7, 11) is -3.96. The summed E-state index contributed by atoms with van der Waals surface area (Å²) in [6, 6.07) is 9.84. The summed E-state index contributed by atoms with van der Waals surface area (Å²) in [5, 5.41) is 8.68. The number of piperidine rings is 1. The Morgan fingerprint density at radius 1 is 1.29 bits per heavy atom. The van der Waals surface area contributed by atoms with Crippen molar-refractivity contribution in [3.05, 3.63) is 47.8 Å². The molecule has 0 aliphatic carbocycles. The largest absolute Gasteiger partial charge is 0.491 e. The maximum absolute atomic E-state index is 14.0. The monoisotopic (exact) mass is 448 g/mol. The van der Waals surface area contributed by atoms with Crippen LogP contribution < -0.4 is 20.1 Å². The number of para-hydroxylation sites is 1. The van der Waals surface area contributed by atoms with Crippen LogP contribution >= 0.6 is 0 Å². The Balaban J connectivity index is 1.75. The van der Waals surface area contributed by atoms with Gasteiger partial charge in [-0.1, -0.05) is 12.1 Å². The van der Waals surface area contributed by atoms with E-state index in [1.54, 1.807) is 31.2 Å². The smallest absolute Gasteiger partial charge is 0.298 e. The van der Waals surface area contributed by atoms with Crippen molar-refractivity contribution in [2.24, 2.45) is 5.14 Å². The van der Waals surface area contributed by atoms with Crippen LogP contribution in [0, 0.1) is 5.82 Å². The molecule has 0 saturated carbocycles. The molecule has 0 atom stereocenters. The van der Waals surface area contributed by atoms with Crippen LogP contribution in [0.2, 0.25) is 0 Å². The number of halogens is 1. The van der Waals surface area contributed by atoms with Gasteiger partial charge < -0.3 is 19.4 Å². The Kier molecular flexibility index (Phi) is 6.12. The SMILES string of the molecule is CCOc1cc(CN(c2nc3cccc(S(N)(=O)=O)c3o2)C2CCNCC2)ccc1F. The highest BCUT2D eigenvalue weighted by Crippen LogP contribution is 2.31. The molecule has 1 aliphatic rings. The fraction of sp³-hybridized carbons (Fsp3) is 0.381. The van der Waals surface area contributed by atoms with Gasteiger partial charge in [-0.15, -0.1) is 0 Å². The number of primary sulfonamides is 1. The third kappa shape index (κ3) is 4.65. The molecule has 31 heavy (non-hydrogen) atoms. The number of hydrogen-bond acceptors (Lipinski definition) is 7. The Morgan fingerprint density at radius 3 is 2.77 bits per heavy atom. The molecule has 166 valence electrons. The van der Waals surface area contributed by atoms with E-state index >= 15 is 0 Å². The lowest BCUT2D eigenvalue weighted by Gasteiger charge is -2.33. The van der Waals surface area contributed by atoms with Crippen molar-refractivity contribution in [2.75, 3.05) is 24.6 Å². The summed E-state index contributed by atoms with van der Waals surface area (Å²) in [6.45, 7) is 4.26. The number of fused-ring (bicyclic) bond motifs is 1. The van der Waals surface area contributed by atoms with E-state index in [1.165, 1.54) is 12.1 Å². The van der Waals surface area contributed by atoms with Crippen molar-refractivity contribution in [1.82, 2.24) is 10.3 Å². The molecule has 0 amide bonds. The van der Waals surface area contributed by atoms with E-state index in [0.29, 0.717) is 24.7 Å². The van der Waals surface area contributed by atoms with E-state index in [4.69, 9.17) is 14.3 Å². The molecule has 1 saturated heterocycles. The minimum absolute atomic E-state index is 0.102. The third-order valence-electron chi connectivity index (χ3n) is 5.32. The Bertz CT molecular complexity index is 1180. The second-order valence-electron chi connectivity index (χ2n) is 7.45. The lowest BCUT2D eigenvalue weighted by atomic mass is 10.0. The van der Waals surface area contributed by atoms with Gasteiger partial charge in [-0.05, 0) is 62.7 Å². The molecule has 1 fully saturated rings. The number of nitrogens with zero attached hydrogens (tertiary/aromatic N) is 2. The molecule has 10 heteroatoms. The van der Waals surface area contributed by atoms with E-state index in [1.807, 2.05) is 4.90 Å². The van der Waals surface area contributed by atoms with Crippen molar-refractivity contribution in [3.63, 3.8) is 0 Å². The van der Waals surface area contributed by atoms with Crippen LogP contribution in [-0.4, -0.2) is 39.1 Å². The molecule has 2 heterocycles. The van der Waals surface area contributed by atoms with Gasteiger partial charge in [-0.25, -0.2) is 17.9 Å². The Hall–Kier alpha value is -2.69. The van der Waals surface area contributed by atoms with Crippen LogP contribution in [0.4, 0.5) is 10.4 Å². The molecular weight excluding hydrogens is 423 g/mol. The predicted octanol–water partition coefficient (Wildman–Crippen LogP) is 2.77. The van der Waals surface area contributed by atoms with E-state index in [9.17, 15) is 12.8 Å². The van der Waals surface area contributed by atoms with Crippen LogP contribution in [0.25, 0.3) is 11.1 Å². The fourth-order valence-corrected chi connectivity index (χ4v) is 4.51. The number of nitrogens with one attached hydrogen (secondary N) is 1. The van der Waals surface area contributed by atoms with Crippen LogP contribution in [0.15, 0.2) is 45.7 Å². The number of hydrogen-bond donors (Lipinski definition) is 2. The maximum atomic E-state index is 14.0. The number of oxazole rings is 1. The van der Waals surface area contributed by atoms with Crippen molar-refractivity contribution >= 4 is 27.1 Å². The lowest BCUT2D eigenvalue weighted by Crippen LogP contribution is -2.43. The first-order valence-corrected chi connectivity index (χ1v) is 11.7. The van der Waals surface area contributed by atoms with E-state index in [0.717, 1.165) is 31.5 Å². The summed E-state index contributed by atoms with van der Waals surface area (Å²) >= 11 is 0. The second-order valence-corrected chi connectivity index (χ2v) is 8.98. The zero-order valence-electron chi connectivity index (χ0n) is 17.2. The number of aromatic nitrogens is 1. The Morgan fingerprint density at radius 2 is 2.06 bits per heavy atom. The van der Waals surface area contributed by atoms with Crippen LogP contribution in [0.3, 0.4) is 0 Å². The first-order chi connectivity index (χ1) is 14.9. The highest BCUT2D eigenvalue weighted by molar-refractivity contribution is 7.89. The van der Waals surface area contributed by atoms with Crippen molar-refractivity contribution in [1.29, 1.82) is 0 Å². The van der Waals surface area contributed by atoms with Crippen molar-refractivity contribution in [3.8, 4) is 5.75 Å². The normalized spacial score (nSPS) is 15.3. The first kappa shape index (κ1) is 21.5. The van der Waals surface area contributed by atoms with E-state index < -0.39 is 15.8 Å². The van der Waals surface area contributed by atoms with E-state index in [-0.39, 0.29) is 22.3 Å². The van der Waals surface area contributed by atoms with Crippen molar-refractivity contribution < 1.29 is 22.0 Å². The van der Waals surface area contributed by atoms with Crippen molar-refractivity contribution in [2.45, 2.75) is 37.2 Å². The molecule has 0 unspecified atom stereocenters. The fourth-order valence-electron chi connectivity index (χ4n) is 3.84. The summed E-state index contributed by atoms with van der Waals surface area (Å²) in [6.07, 6.45) is 1.72. The number of ether oxygens (including phenoxy) is 1. The van der Waals surface area contributed by atoms with Gasteiger partial charge in [0.1, 0.15) is 10.4 Å². The number of rotatable bonds is 7. The molecule has 3 aromatic rings. The average Bonchev–Trinajstić information content (AvgIpc) is 3.18. The highest BCUT2D eigenvalue weighted by Gasteiger charge is 2.27. The van der Waals surface area contributed by atoms with Gasteiger partial charge in [-0.3, -0.25) is 0 Å². The Labute approximate surface area is 180 Å². The quantitative estimate of drug-likeness (QED) is 0.572. The second kappa shape index (κ2) is 8.81. The van der Waals surface area contributed by atoms with Crippen LogP contribution in [0.5, 0.6) is 5.75 Å². The molecular formula is C21H25FN4O4S. The molecule has 0 radical (unpaired) electrons. The van der Waals surface area contributed by atoms with Gasteiger partial charge in [0.05, 0.1) is 6.61 Å².